The number of rotatable bonds is 2. The highest BCUT2D eigenvalue weighted by molar-refractivity contribution is 7.99. The predicted octanol–water partition coefficient (Wildman–Crippen LogP) is 4.13. The SMILES string of the molecule is Cc1cc(C)c([N+](=O)[O-])c(C)c1-c1nnc2n1N=C(C(C)(C)C)CS2. The molecule has 1 aliphatic rings. The average molecular weight is 359 g/mol. The zero-order valence-electron chi connectivity index (χ0n) is 15.2. The van der Waals surface area contributed by atoms with Gasteiger partial charge in [0.25, 0.3) is 5.69 Å². The van der Waals surface area contributed by atoms with Crippen LogP contribution in [0.25, 0.3) is 11.4 Å². The Hall–Kier alpha value is -2.22. The van der Waals surface area contributed by atoms with Gasteiger partial charge in [-0.15, -0.1) is 10.2 Å². The van der Waals surface area contributed by atoms with Crippen molar-refractivity contribution in [3.05, 3.63) is 32.9 Å². The van der Waals surface area contributed by atoms with Crippen molar-refractivity contribution >= 4 is 23.2 Å². The number of aryl methyl sites for hydroxylation is 2. The van der Waals surface area contributed by atoms with Gasteiger partial charge in [0.15, 0.2) is 5.82 Å². The van der Waals surface area contributed by atoms with Crippen molar-refractivity contribution in [2.75, 3.05) is 5.75 Å². The van der Waals surface area contributed by atoms with Gasteiger partial charge in [0.05, 0.1) is 10.6 Å². The lowest BCUT2D eigenvalue weighted by Crippen LogP contribution is -2.26. The minimum atomic E-state index is -0.334. The van der Waals surface area contributed by atoms with E-state index in [0.29, 0.717) is 22.1 Å². The first-order valence-electron chi connectivity index (χ1n) is 8.03. The van der Waals surface area contributed by atoms with Crippen LogP contribution >= 0.6 is 11.8 Å². The van der Waals surface area contributed by atoms with Crippen molar-refractivity contribution < 1.29 is 4.92 Å². The van der Waals surface area contributed by atoms with Crippen LogP contribution in [0.4, 0.5) is 5.69 Å². The van der Waals surface area contributed by atoms with Crippen LogP contribution in [-0.2, 0) is 0 Å². The van der Waals surface area contributed by atoms with Crippen LogP contribution in [0.3, 0.4) is 0 Å². The number of hydrogen-bond acceptors (Lipinski definition) is 6. The number of hydrogen-bond donors (Lipinski definition) is 0. The van der Waals surface area contributed by atoms with E-state index in [2.05, 4.69) is 31.0 Å². The van der Waals surface area contributed by atoms with Crippen LogP contribution < -0.4 is 0 Å². The Kier molecular flexibility index (Phi) is 4.18. The second kappa shape index (κ2) is 5.94. The van der Waals surface area contributed by atoms with Gasteiger partial charge in [-0.3, -0.25) is 10.1 Å². The van der Waals surface area contributed by atoms with E-state index in [1.807, 2.05) is 13.0 Å². The molecule has 25 heavy (non-hydrogen) atoms. The van der Waals surface area contributed by atoms with Crippen LogP contribution in [-0.4, -0.2) is 31.3 Å². The second-order valence-electron chi connectivity index (χ2n) is 7.32. The summed E-state index contributed by atoms with van der Waals surface area (Å²) in [6.07, 6.45) is 0. The lowest BCUT2D eigenvalue weighted by atomic mass is 9.91. The van der Waals surface area contributed by atoms with E-state index < -0.39 is 0 Å². The summed E-state index contributed by atoms with van der Waals surface area (Å²) in [5, 5.41) is 25.5. The van der Waals surface area contributed by atoms with E-state index in [9.17, 15) is 10.1 Å². The van der Waals surface area contributed by atoms with Crippen LogP contribution in [0, 0.1) is 36.3 Å². The lowest BCUT2D eigenvalue weighted by molar-refractivity contribution is -0.386. The topological polar surface area (TPSA) is 86.2 Å². The van der Waals surface area contributed by atoms with Gasteiger partial charge in [0, 0.05) is 27.9 Å². The molecule has 1 aromatic heterocycles. The highest BCUT2D eigenvalue weighted by atomic mass is 32.2. The van der Waals surface area contributed by atoms with E-state index >= 15 is 0 Å². The van der Waals surface area contributed by atoms with Crippen molar-refractivity contribution in [3.8, 4) is 11.4 Å². The van der Waals surface area contributed by atoms with Gasteiger partial charge >= 0.3 is 0 Å². The third kappa shape index (κ3) is 2.95. The first-order valence-corrected chi connectivity index (χ1v) is 9.02. The number of nitro benzene ring substituents is 1. The molecular weight excluding hydrogens is 338 g/mol. The molecule has 8 heteroatoms. The zero-order chi connectivity index (χ0) is 18.5. The molecule has 0 bridgehead atoms. The molecule has 0 radical (unpaired) electrons. The number of thioether (sulfide) groups is 1. The fraction of sp³-hybridized carbons (Fsp3) is 0.471. The first kappa shape index (κ1) is 17.6. The Labute approximate surface area is 150 Å². The van der Waals surface area contributed by atoms with Crippen LogP contribution in [0.5, 0.6) is 0 Å². The Balaban J connectivity index is 2.25. The summed E-state index contributed by atoms with van der Waals surface area (Å²) in [5.74, 6) is 1.33. The summed E-state index contributed by atoms with van der Waals surface area (Å²) in [5.41, 5.74) is 4.02. The molecule has 132 valence electrons. The molecule has 0 saturated carbocycles. The molecule has 0 spiro atoms. The van der Waals surface area contributed by atoms with Gasteiger partial charge in [-0.25, -0.2) is 0 Å². The maximum atomic E-state index is 11.5. The summed E-state index contributed by atoms with van der Waals surface area (Å²) in [6, 6.07) is 1.83. The zero-order valence-corrected chi connectivity index (χ0v) is 16.1. The quantitative estimate of drug-likeness (QED) is 0.594. The molecule has 2 heterocycles. The Morgan fingerprint density at radius 2 is 1.88 bits per heavy atom. The number of nitro groups is 1. The Morgan fingerprint density at radius 3 is 2.48 bits per heavy atom. The fourth-order valence-corrected chi connectivity index (χ4v) is 4.16. The average Bonchev–Trinajstić information content (AvgIpc) is 2.88. The molecule has 7 nitrogen and oxygen atoms in total. The lowest BCUT2D eigenvalue weighted by Gasteiger charge is -2.24. The summed E-state index contributed by atoms with van der Waals surface area (Å²) < 4.78 is 1.73. The standard InChI is InChI=1S/C17H21N5O2S/c1-9-7-10(2)14(22(23)24)11(3)13(9)15-18-19-16-21(15)20-12(8-25-16)17(4,5)6/h7H,8H2,1-6H3. The largest absolute Gasteiger partial charge is 0.275 e. The highest BCUT2D eigenvalue weighted by Gasteiger charge is 2.29. The third-order valence-corrected chi connectivity index (χ3v) is 5.30. The Morgan fingerprint density at radius 1 is 1.20 bits per heavy atom. The van der Waals surface area contributed by atoms with Crippen molar-refractivity contribution in [1.29, 1.82) is 0 Å². The van der Waals surface area contributed by atoms with Gasteiger partial charge in [-0.05, 0) is 32.4 Å². The van der Waals surface area contributed by atoms with Crippen molar-refractivity contribution in [2.24, 2.45) is 10.5 Å². The van der Waals surface area contributed by atoms with Gasteiger partial charge in [-0.1, -0.05) is 32.5 Å². The molecule has 3 rings (SSSR count). The summed E-state index contributed by atoms with van der Waals surface area (Å²) >= 11 is 1.59. The normalized spacial score (nSPS) is 14.2. The van der Waals surface area contributed by atoms with Crippen molar-refractivity contribution in [1.82, 2.24) is 14.9 Å². The number of fused-ring (bicyclic) bond motifs is 1. The molecule has 0 saturated heterocycles. The number of benzene rings is 1. The van der Waals surface area contributed by atoms with E-state index in [0.717, 1.165) is 22.6 Å². The van der Waals surface area contributed by atoms with Crippen LogP contribution in [0.2, 0.25) is 0 Å². The van der Waals surface area contributed by atoms with Gasteiger partial charge < -0.3 is 0 Å². The number of nitrogens with zero attached hydrogens (tertiary/aromatic N) is 5. The molecule has 0 unspecified atom stereocenters. The van der Waals surface area contributed by atoms with E-state index in [1.165, 1.54) is 0 Å². The van der Waals surface area contributed by atoms with Gasteiger partial charge in [0.2, 0.25) is 5.16 Å². The molecule has 0 atom stereocenters. The molecule has 0 aliphatic carbocycles. The van der Waals surface area contributed by atoms with Crippen LogP contribution in [0.15, 0.2) is 16.3 Å². The molecular formula is C17H21N5O2S. The second-order valence-corrected chi connectivity index (χ2v) is 8.26. The molecule has 0 amide bonds. The summed E-state index contributed by atoms with van der Waals surface area (Å²) in [6.45, 7) is 11.8. The molecule has 0 N–H and O–H groups in total. The molecule has 2 aromatic rings. The monoisotopic (exact) mass is 359 g/mol. The third-order valence-electron chi connectivity index (χ3n) is 4.37. The van der Waals surface area contributed by atoms with Gasteiger partial charge in [-0.2, -0.15) is 9.78 Å². The maximum Gasteiger partial charge on any atom is 0.275 e. The fourth-order valence-electron chi connectivity index (χ4n) is 3.05. The molecule has 0 fully saturated rings. The minimum Gasteiger partial charge on any atom is -0.258 e. The smallest absolute Gasteiger partial charge is 0.258 e. The maximum absolute atomic E-state index is 11.5. The molecule has 1 aliphatic heterocycles. The highest BCUT2D eigenvalue weighted by Crippen LogP contribution is 2.37. The van der Waals surface area contributed by atoms with Crippen molar-refractivity contribution in [3.63, 3.8) is 0 Å². The summed E-state index contributed by atoms with van der Waals surface area (Å²) in [7, 11) is 0. The summed E-state index contributed by atoms with van der Waals surface area (Å²) in [4.78, 5) is 11.1. The minimum absolute atomic E-state index is 0.0599. The van der Waals surface area contributed by atoms with Gasteiger partial charge in [0.1, 0.15) is 0 Å². The molecule has 1 aromatic carbocycles. The van der Waals surface area contributed by atoms with E-state index in [-0.39, 0.29) is 16.0 Å². The van der Waals surface area contributed by atoms with Crippen LogP contribution in [0.1, 0.15) is 37.5 Å². The van der Waals surface area contributed by atoms with E-state index in [4.69, 9.17) is 5.10 Å². The first-order chi connectivity index (χ1) is 11.6. The van der Waals surface area contributed by atoms with E-state index in [1.54, 1.807) is 30.3 Å². The number of aromatic nitrogens is 3. The predicted molar refractivity (Wildman–Crippen MR) is 99.3 cm³/mol. The van der Waals surface area contributed by atoms with Crippen molar-refractivity contribution in [2.45, 2.75) is 46.7 Å². The Bertz CT molecular complexity index is 909.